The van der Waals surface area contributed by atoms with Crippen LogP contribution in [0.4, 0.5) is 14.5 Å². The molecule has 0 saturated heterocycles. The van der Waals surface area contributed by atoms with Gasteiger partial charge in [0.2, 0.25) is 0 Å². The summed E-state index contributed by atoms with van der Waals surface area (Å²) in [6.07, 6.45) is 3.62. The third-order valence-corrected chi connectivity index (χ3v) is 5.17. The Morgan fingerprint density at radius 3 is 2.56 bits per heavy atom. The van der Waals surface area contributed by atoms with Gasteiger partial charge in [0, 0.05) is 23.3 Å². The van der Waals surface area contributed by atoms with Crippen LogP contribution >= 0.6 is 11.3 Å². The molecular formula is C19H16F2N2O3S. The predicted octanol–water partition coefficient (Wildman–Crippen LogP) is 4.23. The molecule has 0 aliphatic heterocycles. The fraction of sp³-hybridized carbons (Fsp3) is 0.158. The van der Waals surface area contributed by atoms with Gasteiger partial charge in [-0.2, -0.15) is 0 Å². The van der Waals surface area contributed by atoms with E-state index in [2.05, 4.69) is 5.32 Å². The molecule has 1 N–H and O–H groups in total. The van der Waals surface area contributed by atoms with Crippen LogP contribution in [0.25, 0.3) is 5.00 Å². The van der Waals surface area contributed by atoms with Gasteiger partial charge >= 0.3 is 5.97 Å². The van der Waals surface area contributed by atoms with Crippen molar-refractivity contribution < 1.29 is 23.1 Å². The van der Waals surface area contributed by atoms with Gasteiger partial charge in [0.25, 0.3) is 5.91 Å². The fourth-order valence-corrected chi connectivity index (χ4v) is 3.59. The zero-order valence-corrected chi connectivity index (χ0v) is 15.4. The van der Waals surface area contributed by atoms with Crippen molar-refractivity contribution in [3.8, 4) is 5.00 Å². The topological polar surface area (TPSA) is 60.3 Å². The van der Waals surface area contributed by atoms with Gasteiger partial charge in [0.15, 0.2) is 6.61 Å². The van der Waals surface area contributed by atoms with E-state index in [0.717, 1.165) is 22.6 Å². The Morgan fingerprint density at radius 2 is 1.89 bits per heavy atom. The predicted molar refractivity (Wildman–Crippen MR) is 98.4 cm³/mol. The summed E-state index contributed by atoms with van der Waals surface area (Å²) in [5, 5.41) is 2.94. The zero-order chi connectivity index (χ0) is 19.6. The zero-order valence-electron chi connectivity index (χ0n) is 14.6. The Labute approximate surface area is 158 Å². The molecule has 1 amide bonds. The first-order chi connectivity index (χ1) is 12.9. The van der Waals surface area contributed by atoms with E-state index >= 15 is 0 Å². The van der Waals surface area contributed by atoms with Gasteiger partial charge in [0.1, 0.15) is 16.6 Å². The lowest BCUT2D eigenvalue weighted by molar-refractivity contribution is -0.119. The highest BCUT2D eigenvalue weighted by Crippen LogP contribution is 2.31. The molecule has 0 fully saturated rings. The quantitative estimate of drug-likeness (QED) is 0.664. The molecule has 0 unspecified atom stereocenters. The van der Waals surface area contributed by atoms with Crippen LogP contribution in [-0.4, -0.2) is 23.1 Å². The summed E-state index contributed by atoms with van der Waals surface area (Å²) in [5.74, 6) is -3.03. The number of rotatable bonds is 5. The van der Waals surface area contributed by atoms with Gasteiger partial charge in [-0.25, -0.2) is 13.6 Å². The van der Waals surface area contributed by atoms with Gasteiger partial charge in [-0.1, -0.05) is 0 Å². The van der Waals surface area contributed by atoms with E-state index in [0.29, 0.717) is 16.6 Å². The second-order valence-corrected chi connectivity index (χ2v) is 7.01. The van der Waals surface area contributed by atoms with Gasteiger partial charge in [0.05, 0.1) is 11.3 Å². The summed E-state index contributed by atoms with van der Waals surface area (Å²) in [6, 6.07) is 6.45. The van der Waals surface area contributed by atoms with Crippen molar-refractivity contribution in [2.75, 3.05) is 11.9 Å². The number of esters is 1. The lowest BCUT2D eigenvalue weighted by Gasteiger charge is -2.09. The summed E-state index contributed by atoms with van der Waals surface area (Å²) >= 11 is 1.44. The smallest absolute Gasteiger partial charge is 0.341 e. The molecular weight excluding hydrogens is 374 g/mol. The van der Waals surface area contributed by atoms with E-state index in [1.165, 1.54) is 11.3 Å². The van der Waals surface area contributed by atoms with Crippen LogP contribution in [-0.2, 0) is 9.53 Å². The number of halogens is 2. The van der Waals surface area contributed by atoms with Crippen molar-refractivity contribution in [1.29, 1.82) is 0 Å². The first-order valence-electron chi connectivity index (χ1n) is 8.02. The van der Waals surface area contributed by atoms with E-state index < -0.39 is 30.1 Å². The van der Waals surface area contributed by atoms with Crippen molar-refractivity contribution in [2.24, 2.45) is 0 Å². The molecule has 0 radical (unpaired) electrons. The molecule has 1 aromatic carbocycles. The van der Waals surface area contributed by atoms with E-state index in [-0.39, 0.29) is 5.69 Å². The Morgan fingerprint density at radius 1 is 1.19 bits per heavy atom. The second kappa shape index (κ2) is 7.71. The molecule has 0 saturated carbocycles. The van der Waals surface area contributed by atoms with Crippen LogP contribution in [0.15, 0.2) is 42.7 Å². The summed E-state index contributed by atoms with van der Waals surface area (Å²) in [7, 11) is 0. The highest BCUT2D eigenvalue weighted by Gasteiger charge is 2.22. The summed E-state index contributed by atoms with van der Waals surface area (Å²) in [4.78, 5) is 25.4. The maximum atomic E-state index is 13.6. The molecule has 0 spiro atoms. The van der Waals surface area contributed by atoms with E-state index in [4.69, 9.17) is 4.74 Å². The Kier molecular flexibility index (Phi) is 5.36. The van der Waals surface area contributed by atoms with Crippen molar-refractivity contribution >= 4 is 28.9 Å². The van der Waals surface area contributed by atoms with Gasteiger partial charge < -0.3 is 14.6 Å². The van der Waals surface area contributed by atoms with Crippen LogP contribution in [0.3, 0.4) is 0 Å². The lowest BCUT2D eigenvalue weighted by atomic mass is 10.1. The largest absolute Gasteiger partial charge is 0.452 e. The number of carbonyl (C=O) groups excluding carboxylic acids is 2. The Bertz CT molecular complexity index is 997. The van der Waals surface area contributed by atoms with Crippen molar-refractivity contribution in [2.45, 2.75) is 13.8 Å². The van der Waals surface area contributed by atoms with Crippen LogP contribution in [0.1, 0.15) is 20.8 Å². The Balaban J connectivity index is 1.70. The number of thiophene rings is 1. The maximum absolute atomic E-state index is 13.6. The number of amides is 1. The highest BCUT2D eigenvalue weighted by atomic mass is 32.1. The molecule has 0 atom stereocenters. The minimum atomic E-state index is -0.908. The summed E-state index contributed by atoms with van der Waals surface area (Å²) < 4.78 is 33.4. The molecule has 0 bridgehead atoms. The van der Waals surface area contributed by atoms with Crippen molar-refractivity contribution in [3.05, 3.63) is 70.4 Å². The molecule has 140 valence electrons. The molecule has 0 aliphatic rings. The number of hydrogen-bond acceptors (Lipinski definition) is 4. The average molecular weight is 390 g/mol. The number of ether oxygens (including phenoxy) is 1. The van der Waals surface area contributed by atoms with Gasteiger partial charge in [-0.15, -0.1) is 11.3 Å². The van der Waals surface area contributed by atoms with E-state index in [1.54, 1.807) is 4.57 Å². The number of benzene rings is 1. The highest BCUT2D eigenvalue weighted by molar-refractivity contribution is 7.15. The number of anilines is 1. The molecule has 8 heteroatoms. The monoisotopic (exact) mass is 390 g/mol. The van der Waals surface area contributed by atoms with E-state index in [9.17, 15) is 18.4 Å². The van der Waals surface area contributed by atoms with Crippen LogP contribution < -0.4 is 5.32 Å². The standard InChI is InChI=1S/C19H16F2N2O3S/c1-11-12(2)27-18(23-7-3-4-8-23)17(11)19(25)26-10-16(24)22-15-6-5-13(20)9-14(15)21/h3-9H,10H2,1-2H3,(H,22,24). The first kappa shape index (κ1) is 18.8. The van der Waals surface area contributed by atoms with Crippen LogP contribution in [0.5, 0.6) is 0 Å². The third kappa shape index (κ3) is 4.06. The fourth-order valence-electron chi connectivity index (χ4n) is 2.48. The number of nitrogens with one attached hydrogen (secondary N) is 1. The number of aromatic nitrogens is 1. The molecule has 2 aromatic heterocycles. The number of carbonyl (C=O) groups is 2. The molecule has 3 aromatic rings. The third-order valence-electron chi connectivity index (χ3n) is 3.95. The SMILES string of the molecule is Cc1sc(-n2cccc2)c(C(=O)OCC(=O)Nc2ccc(F)cc2F)c1C. The van der Waals surface area contributed by atoms with Crippen LogP contribution in [0, 0.1) is 25.5 Å². The lowest BCUT2D eigenvalue weighted by Crippen LogP contribution is -2.22. The first-order valence-corrected chi connectivity index (χ1v) is 8.84. The molecule has 0 aliphatic carbocycles. The number of aryl methyl sites for hydroxylation is 1. The number of nitrogens with zero attached hydrogens (tertiary/aromatic N) is 1. The minimum absolute atomic E-state index is 0.187. The van der Waals surface area contributed by atoms with Crippen molar-refractivity contribution in [1.82, 2.24) is 4.57 Å². The van der Waals surface area contributed by atoms with Crippen LogP contribution in [0.2, 0.25) is 0 Å². The van der Waals surface area contributed by atoms with Gasteiger partial charge in [-0.05, 0) is 43.7 Å². The second-order valence-electron chi connectivity index (χ2n) is 5.80. The minimum Gasteiger partial charge on any atom is -0.452 e. The summed E-state index contributed by atoms with van der Waals surface area (Å²) in [6.45, 7) is 3.12. The average Bonchev–Trinajstić information content (AvgIpc) is 3.24. The normalized spacial score (nSPS) is 10.7. The number of hydrogen-bond donors (Lipinski definition) is 1. The maximum Gasteiger partial charge on any atom is 0.341 e. The Hall–Kier alpha value is -3.00. The molecule has 5 nitrogen and oxygen atoms in total. The van der Waals surface area contributed by atoms with E-state index in [1.807, 2.05) is 38.4 Å². The molecule has 2 heterocycles. The van der Waals surface area contributed by atoms with Gasteiger partial charge in [-0.3, -0.25) is 4.79 Å². The summed E-state index contributed by atoms with van der Waals surface area (Å²) in [5.41, 5.74) is 0.973. The molecule has 27 heavy (non-hydrogen) atoms. The molecule has 3 rings (SSSR count). The van der Waals surface area contributed by atoms with Crippen molar-refractivity contribution in [3.63, 3.8) is 0 Å².